The lowest BCUT2D eigenvalue weighted by molar-refractivity contribution is 2.07. The fourth-order valence-corrected chi connectivity index (χ4v) is 0. The van der Waals surface area contributed by atoms with Crippen molar-refractivity contribution in [3.63, 3.8) is 0 Å². The molecule has 0 spiro atoms. The van der Waals surface area contributed by atoms with Gasteiger partial charge in [-0.3, -0.25) is 0 Å². The van der Waals surface area contributed by atoms with E-state index in [9.17, 15) is 0 Å². The minimum Gasteiger partial charge on any atom is -0.0763 e. The Balaban J connectivity index is 2.54. The third-order valence-corrected chi connectivity index (χ3v) is 6.00. The van der Waals surface area contributed by atoms with Gasteiger partial charge in [-0.05, 0) is 0 Å². The van der Waals surface area contributed by atoms with Gasteiger partial charge in [-0.2, -0.15) is 0 Å². The summed E-state index contributed by atoms with van der Waals surface area (Å²) in [5, 5.41) is 0. The number of hydrogen-bond donors (Lipinski definition) is 0. The van der Waals surface area contributed by atoms with Crippen LogP contribution in [0.25, 0.3) is 0 Å². The second-order valence-electron chi connectivity index (χ2n) is 1.58. The van der Waals surface area contributed by atoms with Gasteiger partial charge in [0.15, 0.2) is 0 Å². The minimum atomic E-state index is -0.0664. The van der Waals surface area contributed by atoms with Gasteiger partial charge in [0, 0.05) is 17.4 Å². The van der Waals surface area contributed by atoms with Gasteiger partial charge >= 0.3 is 0 Å². The molecule has 0 aromatic heterocycles. The third-order valence-electron chi connectivity index (χ3n) is 0.667. The van der Waals surface area contributed by atoms with Gasteiger partial charge < -0.3 is 0 Å². The maximum atomic E-state index is 2.40. The van der Waals surface area contributed by atoms with Crippen molar-refractivity contribution >= 4 is 17.4 Å². The van der Waals surface area contributed by atoms with Crippen LogP contribution in [0.1, 0.15) is 0 Å². The zero-order chi connectivity index (χ0) is 4.28. The second kappa shape index (κ2) is 2.66. The molecule has 31 valence electrons. The molecule has 0 fully saturated rings. The third kappa shape index (κ3) is 4.43. The quantitative estimate of drug-likeness (QED) is 0.423. The van der Waals surface area contributed by atoms with Crippen molar-refractivity contribution in [1.82, 2.24) is 0 Å². The van der Waals surface area contributed by atoms with Crippen molar-refractivity contribution in [1.29, 1.82) is 0 Å². The molecule has 1 radical (unpaired) electrons. The number of hydrogen-bond acceptors (Lipinski definition) is 0. The average Bonchev–Trinajstić information content (AvgIpc) is 1.38. The molecule has 2 heteroatoms. The Labute approximate surface area is 37.8 Å². The van der Waals surface area contributed by atoms with E-state index >= 15 is 0 Å². The van der Waals surface area contributed by atoms with Gasteiger partial charge in [0.2, 0.25) is 0 Å². The molecule has 5 heavy (non-hydrogen) atoms. The van der Waals surface area contributed by atoms with Crippen LogP contribution in [0.3, 0.4) is 0 Å². The first-order valence-electron chi connectivity index (χ1n) is 2.07. The summed E-state index contributed by atoms with van der Waals surface area (Å²) in [6.07, 6.45) is 0. The second-order valence-corrected chi connectivity index (χ2v) is 10.7. The maximum absolute atomic E-state index is 2.40. The summed E-state index contributed by atoms with van der Waals surface area (Å²) < 4.78 is 0. The molecule has 0 aromatic carbocycles. The molecule has 0 aliphatic carbocycles. The normalized spacial score (nSPS) is 9.60. The van der Waals surface area contributed by atoms with Crippen LogP contribution in [-0.2, 0) is 0 Å². The molecule has 0 aromatic rings. The van der Waals surface area contributed by atoms with E-state index in [1.54, 1.807) is 0 Å². The Morgan fingerprint density at radius 3 is 1.60 bits per heavy atom. The van der Waals surface area contributed by atoms with Crippen molar-refractivity contribution in [3.8, 4) is 0 Å². The van der Waals surface area contributed by atoms with Crippen molar-refractivity contribution in [2.45, 2.75) is 19.6 Å². The molecule has 0 heterocycles. The lowest BCUT2D eigenvalue weighted by Gasteiger charge is -1.86. The average molecular weight is 103 g/mol. The highest BCUT2D eigenvalue weighted by Crippen LogP contribution is 1.69. The predicted octanol–water partition coefficient (Wildman–Crippen LogP) is 0.454. The van der Waals surface area contributed by atoms with Crippen molar-refractivity contribution in [3.05, 3.63) is 0 Å². The fourth-order valence-electron chi connectivity index (χ4n) is 0. The van der Waals surface area contributed by atoms with Gasteiger partial charge in [-0.15, -0.1) is 0 Å². The molecule has 0 aliphatic rings. The summed E-state index contributed by atoms with van der Waals surface area (Å²) in [4.78, 5) is 0. The van der Waals surface area contributed by atoms with Crippen LogP contribution in [0.5, 0.6) is 0 Å². The van der Waals surface area contributed by atoms with Gasteiger partial charge in [-0.1, -0.05) is 19.6 Å². The highest BCUT2D eigenvalue weighted by Gasteiger charge is 1.84. The van der Waals surface area contributed by atoms with Gasteiger partial charge in [0.05, 0.1) is 0 Å². The lowest BCUT2D eigenvalue weighted by atomic mass is 11.9. The molecule has 0 rings (SSSR count). The first kappa shape index (κ1) is 5.43. The van der Waals surface area contributed by atoms with Crippen molar-refractivity contribution in [2.24, 2.45) is 0 Å². The molecule has 0 saturated heterocycles. The van der Waals surface area contributed by atoms with E-state index in [1.165, 1.54) is 0 Å². The van der Waals surface area contributed by atoms with Gasteiger partial charge in [0.25, 0.3) is 0 Å². The molecule has 0 saturated carbocycles. The standard InChI is InChI=1S/C3H11Si2/c1-4-5(2)3/h4-5H,1-3H3. The van der Waals surface area contributed by atoms with Crippen molar-refractivity contribution < 1.29 is 0 Å². The van der Waals surface area contributed by atoms with E-state index in [4.69, 9.17) is 0 Å². The Morgan fingerprint density at radius 2 is 1.60 bits per heavy atom. The summed E-state index contributed by atoms with van der Waals surface area (Å²) in [5.74, 6) is 0. The van der Waals surface area contributed by atoms with Crippen LogP contribution in [0, 0.1) is 0 Å². The molecule has 0 unspecified atom stereocenters. The minimum absolute atomic E-state index is 0.0664. The van der Waals surface area contributed by atoms with E-state index < -0.39 is 0 Å². The Morgan fingerprint density at radius 1 is 1.40 bits per heavy atom. The van der Waals surface area contributed by atoms with Crippen LogP contribution in [0.15, 0.2) is 0 Å². The highest BCUT2D eigenvalue weighted by molar-refractivity contribution is 7.10. The molecule has 0 atom stereocenters. The molecule has 0 nitrogen and oxygen atoms in total. The first-order valence-corrected chi connectivity index (χ1v) is 8.20. The van der Waals surface area contributed by atoms with Crippen LogP contribution < -0.4 is 0 Å². The summed E-state index contributed by atoms with van der Waals surface area (Å²) >= 11 is 0. The van der Waals surface area contributed by atoms with E-state index in [0.29, 0.717) is 0 Å². The number of rotatable bonds is 1. The first-order chi connectivity index (χ1) is 2.27. The zero-order valence-electron chi connectivity index (χ0n) is 4.15. The smallest absolute Gasteiger partial charge is 0.0185 e. The molecule has 0 amide bonds. The van der Waals surface area contributed by atoms with E-state index in [-0.39, 0.29) is 8.31 Å². The summed E-state index contributed by atoms with van der Waals surface area (Å²) in [5.41, 5.74) is 0. The largest absolute Gasteiger partial charge is 0.0763 e. The van der Waals surface area contributed by atoms with Gasteiger partial charge in [-0.25, -0.2) is 0 Å². The highest BCUT2D eigenvalue weighted by atomic mass is 29.2. The van der Waals surface area contributed by atoms with Gasteiger partial charge in [0.1, 0.15) is 0 Å². The van der Waals surface area contributed by atoms with Crippen molar-refractivity contribution in [2.75, 3.05) is 0 Å². The molecular weight excluding hydrogens is 92.2 g/mol. The molecular formula is C3H11Si2. The van der Waals surface area contributed by atoms with E-state index in [1.807, 2.05) is 0 Å². The predicted molar refractivity (Wildman–Crippen MR) is 31.9 cm³/mol. The monoisotopic (exact) mass is 103 g/mol. The molecule has 0 aliphatic heterocycles. The van der Waals surface area contributed by atoms with Crippen LogP contribution in [0.2, 0.25) is 19.6 Å². The molecule has 0 bridgehead atoms. The van der Waals surface area contributed by atoms with E-state index in [2.05, 4.69) is 19.6 Å². The lowest BCUT2D eigenvalue weighted by Crippen LogP contribution is -2.06. The summed E-state index contributed by atoms with van der Waals surface area (Å²) in [6.45, 7) is 7.14. The van der Waals surface area contributed by atoms with Crippen LogP contribution >= 0.6 is 0 Å². The zero-order valence-corrected chi connectivity index (χ0v) is 6.46. The Bertz CT molecular complexity index is 18.9. The Kier molecular flexibility index (Phi) is 2.89. The maximum Gasteiger partial charge on any atom is 0.0185 e. The fraction of sp³-hybridized carbons (Fsp3) is 1.00. The topological polar surface area (TPSA) is 0 Å². The van der Waals surface area contributed by atoms with Crippen LogP contribution in [0.4, 0.5) is 0 Å². The summed E-state index contributed by atoms with van der Waals surface area (Å²) in [7, 11) is 0.804. The van der Waals surface area contributed by atoms with E-state index in [0.717, 1.165) is 9.04 Å². The Hall–Kier alpha value is 0.434. The summed E-state index contributed by atoms with van der Waals surface area (Å²) in [6, 6.07) is 0. The van der Waals surface area contributed by atoms with Crippen LogP contribution in [-0.4, -0.2) is 17.4 Å². The molecule has 0 N–H and O–H groups in total. The SMILES string of the molecule is C[SiH][SiH](C)C.